The molecule has 3 rings (SSSR count). The molecule has 0 aliphatic heterocycles. The van der Waals surface area contributed by atoms with Gasteiger partial charge in [-0.25, -0.2) is 0 Å². The fourth-order valence-corrected chi connectivity index (χ4v) is 4.00. The Hall–Kier alpha value is -0.830. The Morgan fingerprint density at radius 3 is 2.78 bits per heavy atom. The van der Waals surface area contributed by atoms with Gasteiger partial charge in [0.2, 0.25) is 5.78 Å². The third-order valence-electron chi connectivity index (χ3n) is 4.14. The van der Waals surface area contributed by atoms with Crippen molar-refractivity contribution in [3.63, 3.8) is 0 Å². The van der Waals surface area contributed by atoms with Crippen LogP contribution in [0.15, 0.2) is 12.2 Å². The maximum absolute atomic E-state index is 12.8. The van der Waals surface area contributed by atoms with Crippen molar-refractivity contribution in [2.45, 2.75) is 17.6 Å². The van der Waals surface area contributed by atoms with E-state index < -0.39 is 17.1 Å². The molecule has 0 N–H and O–H groups in total. The van der Waals surface area contributed by atoms with E-state index in [0.717, 1.165) is 0 Å². The SMILES string of the molecule is CO[C@]12C=C[C@H](C[C@@H]1C#N)[C@](CSC)(OC)C2=O. The molecule has 1 saturated carbocycles. The Kier molecular flexibility index (Phi) is 3.54. The highest BCUT2D eigenvalue weighted by Crippen LogP contribution is 2.50. The van der Waals surface area contributed by atoms with E-state index in [1.807, 2.05) is 12.3 Å². The van der Waals surface area contributed by atoms with E-state index in [1.54, 1.807) is 24.9 Å². The van der Waals surface area contributed by atoms with Crippen molar-refractivity contribution in [2.24, 2.45) is 11.8 Å². The van der Waals surface area contributed by atoms with Gasteiger partial charge in [-0.05, 0) is 18.8 Å². The largest absolute Gasteiger partial charge is 0.369 e. The molecule has 3 aliphatic rings. The molecule has 3 aliphatic carbocycles. The second-order valence-electron chi connectivity index (χ2n) is 4.74. The van der Waals surface area contributed by atoms with Gasteiger partial charge < -0.3 is 9.47 Å². The summed E-state index contributed by atoms with van der Waals surface area (Å²) in [5.74, 6) is 0.0135. The molecule has 0 unspecified atom stereocenters. The van der Waals surface area contributed by atoms with Crippen LogP contribution in [0.25, 0.3) is 0 Å². The van der Waals surface area contributed by atoms with E-state index in [4.69, 9.17) is 9.47 Å². The lowest BCUT2D eigenvalue weighted by Gasteiger charge is -2.52. The van der Waals surface area contributed by atoms with Crippen LogP contribution in [-0.4, -0.2) is 43.2 Å². The number of fused-ring (bicyclic) bond motifs is 2. The summed E-state index contributed by atoms with van der Waals surface area (Å²) in [6.07, 6.45) is 6.27. The van der Waals surface area contributed by atoms with Gasteiger partial charge in [-0.2, -0.15) is 17.0 Å². The maximum atomic E-state index is 12.8. The third-order valence-corrected chi connectivity index (χ3v) is 4.86. The number of carbonyl (C=O) groups excluding carboxylic acids is 1. The Morgan fingerprint density at radius 1 is 1.56 bits per heavy atom. The molecule has 98 valence electrons. The van der Waals surface area contributed by atoms with Gasteiger partial charge >= 0.3 is 0 Å². The van der Waals surface area contributed by atoms with E-state index in [0.29, 0.717) is 12.2 Å². The van der Waals surface area contributed by atoms with Crippen LogP contribution < -0.4 is 0 Å². The van der Waals surface area contributed by atoms with Gasteiger partial charge in [-0.15, -0.1) is 0 Å². The average molecular weight is 267 g/mol. The van der Waals surface area contributed by atoms with Crippen molar-refractivity contribution in [1.82, 2.24) is 0 Å². The zero-order chi connectivity index (χ0) is 13.4. The van der Waals surface area contributed by atoms with Gasteiger partial charge in [0.1, 0.15) is 5.60 Å². The predicted octanol–water partition coefficient (Wildman–Crippen LogP) is 1.42. The standard InChI is InChI=1S/C13H17NO3S/c1-16-12-5-4-9(6-10(12)7-14)13(17-2,8-18-3)11(12)15/h4-5,9-10H,6,8H2,1-3H3/t9-,10-,12-,13+/m1/s1. The van der Waals surface area contributed by atoms with Crippen molar-refractivity contribution in [2.75, 3.05) is 26.2 Å². The molecule has 4 atom stereocenters. The minimum absolute atomic E-state index is 0.0378. The molecule has 18 heavy (non-hydrogen) atoms. The molecule has 0 spiro atoms. The molecule has 0 saturated heterocycles. The molecule has 1 fully saturated rings. The fourth-order valence-electron chi connectivity index (χ4n) is 3.10. The minimum Gasteiger partial charge on any atom is -0.369 e. The number of rotatable bonds is 4. The number of nitriles is 1. The summed E-state index contributed by atoms with van der Waals surface area (Å²) < 4.78 is 11.0. The first-order chi connectivity index (χ1) is 8.61. The maximum Gasteiger partial charge on any atom is 0.203 e. The van der Waals surface area contributed by atoms with E-state index >= 15 is 0 Å². The quantitative estimate of drug-likeness (QED) is 0.721. The molecule has 2 bridgehead atoms. The minimum atomic E-state index is -1.13. The number of hydrogen-bond acceptors (Lipinski definition) is 5. The summed E-state index contributed by atoms with van der Waals surface area (Å²) in [5, 5.41) is 9.24. The number of ketones is 1. The topological polar surface area (TPSA) is 59.3 Å². The normalized spacial score (nSPS) is 42.0. The summed E-state index contributed by atoms with van der Waals surface area (Å²) >= 11 is 1.57. The third kappa shape index (κ3) is 1.49. The monoisotopic (exact) mass is 267 g/mol. The highest BCUT2D eigenvalue weighted by molar-refractivity contribution is 7.98. The molecule has 0 heterocycles. The summed E-state index contributed by atoms with van der Waals surface area (Å²) in [6.45, 7) is 0. The number of Topliss-reactive ketones (excluding diaryl/α,β-unsaturated/α-hetero) is 1. The number of ether oxygens (including phenoxy) is 2. The number of carbonyl (C=O) groups is 1. The second kappa shape index (κ2) is 4.69. The van der Waals surface area contributed by atoms with Crippen LogP contribution >= 0.6 is 11.8 Å². The van der Waals surface area contributed by atoms with Crippen LogP contribution in [0.5, 0.6) is 0 Å². The average Bonchev–Trinajstić information content (AvgIpc) is 2.42. The van der Waals surface area contributed by atoms with E-state index in [1.165, 1.54) is 7.11 Å². The van der Waals surface area contributed by atoms with Gasteiger partial charge in [-0.1, -0.05) is 6.08 Å². The summed E-state index contributed by atoms with van der Waals surface area (Å²) in [6, 6.07) is 2.20. The number of thioether (sulfide) groups is 1. The predicted molar refractivity (Wildman–Crippen MR) is 69.2 cm³/mol. The van der Waals surface area contributed by atoms with Crippen molar-refractivity contribution >= 4 is 17.5 Å². The van der Waals surface area contributed by atoms with Gasteiger partial charge in [0.25, 0.3) is 0 Å². The molecule has 5 heteroatoms. The van der Waals surface area contributed by atoms with Crippen LogP contribution in [0, 0.1) is 23.2 Å². The first-order valence-electron chi connectivity index (χ1n) is 5.84. The van der Waals surface area contributed by atoms with Crippen LogP contribution in [0.4, 0.5) is 0 Å². The molecular weight excluding hydrogens is 250 g/mol. The van der Waals surface area contributed by atoms with Gasteiger partial charge in [-0.3, -0.25) is 4.79 Å². The summed E-state index contributed by atoms with van der Waals surface area (Å²) in [5.41, 5.74) is -1.98. The second-order valence-corrected chi connectivity index (χ2v) is 5.60. The molecule has 0 amide bonds. The number of nitrogens with zero attached hydrogens (tertiary/aromatic N) is 1. The zero-order valence-corrected chi connectivity index (χ0v) is 11.6. The molecular formula is C13H17NO3S. The summed E-state index contributed by atoms with van der Waals surface area (Å²) in [7, 11) is 3.05. The Balaban J connectivity index is 2.51. The van der Waals surface area contributed by atoms with Crippen LogP contribution in [0.1, 0.15) is 6.42 Å². The highest BCUT2D eigenvalue weighted by atomic mass is 32.2. The van der Waals surface area contributed by atoms with Crippen molar-refractivity contribution < 1.29 is 14.3 Å². The molecule has 4 nitrogen and oxygen atoms in total. The fraction of sp³-hybridized carbons (Fsp3) is 0.692. The van der Waals surface area contributed by atoms with Crippen molar-refractivity contribution in [1.29, 1.82) is 5.26 Å². The summed E-state index contributed by atoms with van der Waals surface area (Å²) in [4.78, 5) is 12.8. The van der Waals surface area contributed by atoms with Crippen LogP contribution in [0.2, 0.25) is 0 Å². The first kappa shape index (κ1) is 13.6. The van der Waals surface area contributed by atoms with Crippen molar-refractivity contribution in [3.05, 3.63) is 12.2 Å². The number of hydrogen-bond donors (Lipinski definition) is 0. The van der Waals surface area contributed by atoms with E-state index in [9.17, 15) is 10.1 Å². The van der Waals surface area contributed by atoms with Crippen LogP contribution in [0.3, 0.4) is 0 Å². The van der Waals surface area contributed by atoms with E-state index in [-0.39, 0.29) is 11.7 Å². The zero-order valence-electron chi connectivity index (χ0n) is 10.8. The molecule has 0 aromatic rings. The van der Waals surface area contributed by atoms with Gasteiger partial charge in [0.15, 0.2) is 5.60 Å². The first-order valence-corrected chi connectivity index (χ1v) is 7.23. The smallest absolute Gasteiger partial charge is 0.203 e. The van der Waals surface area contributed by atoms with Crippen molar-refractivity contribution in [3.8, 4) is 6.07 Å². The van der Waals surface area contributed by atoms with E-state index in [2.05, 4.69) is 6.07 Å². The lowest BCUT2D eigenvalue weighted by Crippen LogP contribution is -2.68. The highest BCUT2D eigenvalue weighted by Gasteiger charge is 2.64. The van der Waals surface area contributed by atoms with Crippen LogP contribution in [-0.2, 0) is 14.3 Å². The molecule has 0 aromatic heterocycles. The number of methoxy groups -OCH3 is 2. The lowest BCUT2D eigenvalue weighted by molar-refractivity contribution is -0.178. The molecule has 0 radical (unpaired) electrons. The van der Waals surface area contributed by atoms with Gasteiger partial charge in [0.05, 0.1) is 12.0 Å². The Labute approximate surface area is 111 Å². The Morgan fingerprint density at radius 2 is 2.28 bits per heavy atom. The lowest BCUT2D eigenvalue weighted by atomic mass is 9.58. The molecule has 0 aromatic carbocycles. The Bertz CT molecular complexity index is 430. The van der Waals surface area contributed by atoms with Gasteiger partial charge in [0, 0.05) is 25.9 Å².